The summed E-state index contributed by atoms with van der Waals surface area (Å²) in [4.78, 5) is 18.0. The fraction of sp³-hybridized carbons (Fsp3) is 0.480. The maximum atomic E-state index is 12.8. The van der Waals surface area contributed by atoms with E-state index >= 15 is 0 Å². The number of fused-ring (bicyclic) bond motifs is 3. The molecule has 1 aliphatic heterocycles. The third kappa shape index (κ3) is 4.04. The molecule has 0 saturated carbocycles. The lowest BCUT2D eigenvalue weighted by atomic mass is 9.67. The maximum absolute atomic E-state index is 12.8. The number of allylic oxidation sites excluding steroid dienone is 1. The first-order valence-corrected chi connectivity index (χ1v) is 11.3. The van der Waals surface area contributed by atoms with Crippen LogP contribution in [0.15, 0.2) is 35.9 Å². The number of unbranched alkanes of at least 4 members (excludes halogenated alkanes) is 2. The molecule has 2 atom stereocenters. The van der Waals surface area contributed by atoms with Crippen molar-refractivity contribution in [2.45, 2.75) is 70.8 Å². The lowest BCUT2D eigenvalue weighted by Gasteiger charge is -2.46. The summed E-state index contributed by atoms with van der Waals surface area (Å²) >= 11 is 0. The summed E-state index contributed by atoms with van der Waals surface area (Å²) in [6.07, 6.45) is 7.19. The molecule has 0 unspecified atom stereocenters. The van der Waals surface area contributed by atoms with Gasteiger partial charge in [-0.3, -0.25) is 0 Å². The van der Waals surface area contributed by atoms with Crippen molar-refractivity contribution in [2.24, 2.45) is 5.92 Å². The predicted molar refractivity (Wildman–Crippen MR) is 119 cm³/mol. The van der Waals surface area contributed by atoms with Crippen LogP contribution in [0.1, 0.15) is 69.9 Å². The summed E-state index contributed by atoms with van der Waals surface area (Å²) in [6, 6.07) is 6.30. The van der Waals surface area contributed by atoms with Crippen molar-refractivity contribution >= 4 is 5.97 Å². The molecule has 0 spiro atoms. The number of nitrogens with zero attached hydrogens (tertiary/aromatic N) is 1. The number of aromatic hydroxyl groups is 3. The molecule has 0 saturated heterocycles. The number of ether oxygens (including phenoxy) is 1. The monoisotopic (exact) mass is 441 g/mol. The van der Waals surface area contributed by atoms with Gasteiger partial charge >= 0.3 is 5.97 Å². The first-order chi connectivity index (χ1) is 15.2. The number of carbonyl (C=O) groups is 1. The van der Waals surface area contributed by atoms with Gasteiger partial charge in [-0.25, -0.2) is 4.79 Å². The number of hydrogen-bond acceptors (Lipinski definition) is 6. The van der Waals surface area contributed by atoms with Crippen molar-refractivity contribution < 1.29 is 29.7 Å². The normalized spacial score (nSPS) is 21.2. The fourth-order valence-electron chi connectivity index (χ4n) is 4.95. The molecule has 1 aromatic heterocycles. The van der Waals surface area contributed by atoms with Crippen LogP contribution in [0.2, 0.25) is 0 Å². The Bertz CT molecular complexity index is 1030. The van der Waals surface area contributed by atoms with E-state index in [1.54, 1.807) is 0 Å². The highest BCUT2D eigenvalue weighted by atomic mass is 16.7. The summed E-state index contributed by atoms with van der Waals surface area (Å²) < 4.78 is 7.04. The van der Waals surface area contributed by atoms with Crippen LogP contribution < -0.4 is 9.57 Å². The van der Waals surface area contributed by atoms with Gasteiger partial charge in [0.1, 0.15) is 17.1 Å². The number of phenolic OH excluding ortho intramolecular Hbond substituents is 1. The Hall–Kier alpha value is -3.09. The second-order valence-electron chi connectivity index (χ2n) is 9.28. The summed E-state index contributed by atoms with van der Waals surface area (Å²) in [7, 11) is 0. The average molecular weight is 442 g/mol. The minimum atomic E-state index is -0.647. The SMILES string of the molecule is CCCCCc1cc(O)c2c(c1)OC(C)(C)[C@@H]1CCC(C(=O)On3c(O)ccc3O)=C[C@@H]21. The van der Waals surface area contributed by atoms with Crippen molar-refractivity contribution in [1.29, 1.82) is 0 Å². The molecule has 0 amide bonds. The second kappa shape index (κ2) is 8.45. The van der Waals surface area contributed by atoms with Gasteiger partial charge in [0.2, 0.25) is 11.8 Å². The Morgan fingerprint density at radius 1 is 1.19 bits per heavy atom. The van der Waals surface area contributed by atoms with Crippen molar-refractivity contribution in [3.63, 3.8) is 0 Å². The minimum Gasteiger partial charge on any atom is -0.507 e. The van der Waals surface area contributed by atoms with E-state index in [1.807, 2.05) is 32.1 Å². The van der Waals surface area contributed by atoms with Gasteiger partial charge < -0.3 is 24.9 Å². The Kier molecular flexibility index (Phi) is 5.84. The molecule has 2 aliphatic rings. The third-order valence-electron chi connectivity index (χ3n) is 6.62. The van der Waals surface area contributed by atoms with Crippen LogP contribution in [-0.2, 0) is 11.2 Å². The first kappa shape index (κ1) is 22.1. The molecule has 1 aromatic carbocycles. The Labute approximate surface area is 187 Å². The van der Waals surface area contributed by atoms with Crippen LogP contribution in [-0.4, -0.2) is 31.6 Å². The molecule has 32 heavy (non-hydrogen) atoms. The van der Waals surface area contributed by atoms with Crippen LogP contribution in [0.3, 0.4) is 0 Å². The fourth-order valence-corrected chi connectivity index (χ4v) is 4.95. The number of phenols is 1. The van der Waals surface area contributed by atoms with Gasteiger partial charge in [0.25, 0.3) is 0 Å². The molecule has 0 radical (unpaired) electrons. The first-order valence-electron chi connectivity index (χ1n) is 11.3. The maximum Gasteiger partial charge on any atom is 0.359 e. The minimum absolute atomic E-state index is 0.0803. The van der Waals surface area contributed by atoms with Crippen LogP contribution in [0.5, 0.6) is 23.3 Å². The van der Waals surface area contributed by atoms with Crippen LogP contribution in [0, 0.1) is 5.92 Å². The van der Waals surface area contributed by atoms with E-state index < -0.39 is 11.6 Å². The number of aryl methyl sites for hydroxylation is 1. The van der Waals surface area contributed by atoms with Crippen molar-refractivity contribution in [3.8, 4) is 23.3 Å². The van der Waals surface area contributed by atoms with E-state index in [9.17, 15) is 20.1 Å². The smallest absolute Gasteiger partial charge is 0.359 e. The number of aromatic nitrogens is 1. The molecule has 3 N–H and O–H groups in total. The zero-order chi connectivity index (χ0) is 23.0. The van der Waals surface area contributed by atoms with Gasteiger partial charge in [-0.15, -0.1) is 4.73 Å². The van der Waals surface area contributed by atoms with E-state index in [-0.39, 0.29) is 29.3 Å². The number of rotatable bonds is 6. The Balaban J connectivity index is 1.66. The number of carbonyl (C=O) groups excluding carboxylic acids is 1. The second-order valence-corrected chi connectivity index (χ2v) is 9.28. The molecule has 2 aromatic rings. The van der Waals surface area contributed by atoms with Gasteiger partial charge in [-0.05, 0) is 57.2 Å². The standard InChI is InChI=1S/C25H31NO6/c1-4-5-6-7-15-12-19(27)23-17-14-16(24(30)32-26-21(28)10-11-22(26)29)8-9-18(17)25(2,3)31-20(23)13-15/h10-14,17-18,27-29H,4-9H2,1-3H3/t17-,18-/m1/s1. The van der Waals surface area contributed by atoms with Crippen LogP contribution >= 0.6 is 0 Å². The largest absolute Gasteiger partial charge is 0.507 e. The van der Waals surface area contributed by atoms with Gasteiger partial charge in [0.15, 0.2) is 0 Å². The summed E-state index contributed by atoms with van der Waals surface area (Å²) in [6.45, 7) is 6.25. The van der Waals surface area contributed by atoms with E-state index in [0.717, 1.165) is 31.2 Å². The van der Waals surface area contributed by atoms with Gasteiger partial charge in [0, 0.05) is 35.1 Å². The summed E-state index contributed by atoms with van der Waals surface area (Å²) in [5, 5.41) is 30.4. The highest BCUT2D eigenvalue weighted by Crippen LogP contribution is 2.53. The molecular formula is C25H31NO6. The van der Waals surface area contributed by atoms with E-state index in [2.05, 4.69) is 6.92 Å². The zero-order valence-corrected chi connectivity index (χ0v) is 18.8. The van der Waals surface area contributed by atoms with Crippen LogP contribution in [0.4, 0.5) is 0 Å². The number of hydrogen-bond donors (Lipinski definition) is 3. The Morgan fingerprint density at radius 2 is 1.91 bits per heavy atom. The molecule has 7 nitrogen and oxygen atoms in total. The quantitative estimate of drug-likeness (QED) is 0.567. The molecule has 2 heterocycles. The number of benzene rings is 1. The van der Waals surface area contributed by atoms with E-state index in [4.69, 9.17) is 9.57 Å². The topological polar surface area (TPSA) is 101 Å². The molecule has 0 bridgehead atoms. The predicted octanol–water partition coefficient (Wildman–Crippen LogP) is 4.58. The Morgan fingerprint density at radius 3 is 2.59 bits per heavy atom. The highest BCUT2D eigenvalue weighted by molar-refractivity contribution is 5.89. The molecule has 4 rings (SSSR count). The zero-order valence-electron chi connectivity index (χ0n) is 18.8. The van der Waals surface area contributed by atoms with Crippen molar-refractivity contribution in [2.75, 3.05) is 0 Å². The van der Waals surface area contributed by atoms with Crippen LogP contribution in [0.25, 0.3) is 0 Å². The van der Waals surface area contributed by atoms with E-state index in [1.165, 1.54) is 12.1 Å². The summed E-state index contributed by atoms with van der Waals surface area (Å²) in [5.41, 5.74) is 1.72. The molecule has 172 valence electrons. The third-order valence-corrected chi connectivity index (χ3v) is 6.62. The molecular weight excluding hydrogens is 410 g/mol. The van der Waals surface area contributed by atoms with Crippen molar-refractivity contribution in [3.05, 3.63) is 47.0 Å². The van der Waals surface area contributed by atoms with E-state index in [0.29, 0.717) is 34.5 Å². The molecule has 0 fully saturated rings. The lowest BCUT2D eigenvalue weighted by Crippen LogP contribution is -2.45. The average Bonchev–Trinajstić information content (AvgIpc) is 3.05. The van der Waals surface area contributed by atoms with Gasteiger partial charge in [0.05, 0.1) is 0 Å². The highest BCUT2D eigenvalue weighted by Gasteiger charge is 2.46. The summed E-state index contributed by atoms with van der Waals surface area (Å²) in [5.74, 6) is -0.655. The van der Waals surface area contributed by atoms with Gasteiger partial charge in [-0.2, -0.15) is 0 Å². The lowest BCUT2D eigenvalue weighted by molar-refractivity contribution is -0.141. The molecule has 1 aliphatic carbocycles. The molecule has 7 heteroatoms. The van der Waals surface area contributed by atoms with Gasteiger partial charge in [-0.1, -0.05) is 25.8 Å². The van der Waals surface area contributed by atoms with Crippen molar-refractivity contribution in [1.82, 2.24) is 4.73 Å².